The van der Waals surface area contributed by atoms with Gasteiger partial charge in [0.05, 0.1) is 17.8 Å². The molecule has 1 aromatic heterocycles. The average Bonchev–Trinajstić information content (AvgIpc) is 2.85. The van der Waals surface area contributed by atoms with E-state index < -0.39 is 18.1 Å². The van der Waals surface area contributed by atoms with Crippen LogP contribution in [0.25, 0.3) is 0 Å². The van der Waals surface area contributed by atoms with Crippen LogP contribution in [0.5, 0.6) is 0 Å². The summed E-state index contributed by atoms with van der Waals surface area (Å²) in [7, 11) is 0. The minimum absolute atomic E-state index is 0.0549. The van der Waals surface area contributed by atoms with Crippen LogP contribution in [0.15, 0.2) is 6.20 Å². The van der Waals surface area contributed by atoms with Crippen LogP contribution < -0.4 is 11.1 Å². The summed E-state index contributed by atoms with van der Waals surface area (Å²) in [6.07, 6.45) is -1.52. The Hall–Kier alpha value is -1.64. The fraction of sp³-hybridized carbons (Fsp3) is 0.750. The monoisotopic (exact) mass is 305 g/mol. The third-order valence-corrected chi connectivity index (χ3v) is 3.60. The predicted octanol–water partition coefficient (Wildman–Crippen LogP) is 0.974. The van der Waals surface area contributed by atoms with Crippen molar-refractivity contribution in [2.75, 3.05) is 0 Å². The first kappa shape index (κ1) is 15.7. The Bertz CT molecular complexity index is 487. The highest BCUT2D eigenvalue weighted by Crippen LogP contribution is 2.37. The molecule has 1 saturated carbocycles. The lowest BCUT2D eigenvalue weighted by molar-refractivity contribution is -0.184. The first-order chi connectivity index (χ1) is 9.88. The molecule has 1 amide bonds. The van der Waals surface area contributed by atoms with Gasteiger partial charge >= 0.3 is 6.18 Å². The molecule has 1 aromatic rings. The first-order valence-corrected chi connectivity index (χ1v) is 6.83. The molecule has 1 heterocycles. The maximum atomic E-state index is 12.7. The third-order valence-electron chi connectivity index (χ3n) is 3.60. The van der Waals surface area contributed by atoms with Gasteiger partial charge in [-0.1, -0.05) is 11.6 Å². The number of nitrogens with two attached hydrogens (primary N) is 1. The van der Waals surface area contributed by atoms with Crippen LogP contribution in [-0.2, 0) is 17.9 Å². The quantitative estimate of drug-likeness (QED) is 0.868. The van der Waals surface area contributed by atoms with E-state index >= 15 is 0 Å². The van der Waals surface area contributed by atoms with E-state index in [-0.39, 0.29) is 31.8 Å². The molecule has 2 rings (SSSR count). The van der Waals surface area contributed by atoms with E-state index in [0.717, 1.165) is 0 Å². The second-order valence-electron chi connectivity index (χ2n) is 5.28. The summed E-state index contributed by atoms with van der Waals surface area (Å²) < 4.78 is 39.4. The highest BCUT2D eigenvalue weighted by Gasteiger charge is 2.42. The molecule has 0 saturated heterocycles. The van der Waals surface area contributed by atoms with E-state index in [1.807, 2.05) is 0 Å². The molecule has 0 aromatic carbocycles. The minimum Gasteiger partial charge on any atom is -0.352 e. The summed E-state index contributed by atoms with van der Waals surface area (Å²) >= 11 is 0. The van der Waals surface area contributed by atoms with Gasteiger partial charge in [-0.25, -0.2) is 4.68 Å². The lowest BCUT2D eigenvalue weighted by Crippen LogP contribution is -2.42. The SMILES string of the molecule is NCc1cn(CC(=O)NC2CCCC(C(F)(F)F)C2)nn1. The Kier molecular flexibility index (Phi) is 4.81. The van der Waals surface area contributed by atoms with Crippen molar-refractivity contribution in [3.63, 3.8) is 0 Å². The maximum absolute atomic E-state index is 12.7. The molecule has 21 heavy (non-hydrogen) atoms. The summed E-state index contributed by atoms with van der Waals surface area (Å²) in [5.41, 5.74) is 5.93. The number of alkyl halides is 3. The Balaban J connectivity index is 1.84. The van der Waals surface area contributed by atoms with Gasteiger partial charge in [-0.2, -0.15) is 13.2 Å². The zero-order valence-corrected chi connectivity index (χ0v) is 11.4. The summed E-state index contributed by atoms with van der Waals surface area (Å²) in [5, 5.41) is 10.1. The molecule has 1 aliphatic carbocycles. The number of hydrogen-bond donors (Lipinski definition) is 2. The van der Waals surface area contributed by atoms with Crippen molar-refractivity contribution in [2.45, 2.75) is 51.0 Å². The van der Waals surface area contributed by atoms with Crippen LogP contribution in [0.2, 0.25) is 0 Å². The summed E-state index contributed by atoms with van der Waals surface area (Å²) in [4.78, 5) is 11.8. The Morgan fingerprint density at radius 1 is 1.48 bits per heavy atom. The summed E-state index contributed by atoms with van der Waals surface area (Å²) in [6.45, 7) is 0.150. The average molecular weight is 305 g/mol. The molecule has 2 atom stereocenters. The van der Waals surface area contributed by atoms with Gasteiger partial charge in [-0.15, -0.1) is 5.10 Å². The number of nitrogens with one attached hydrogen (secondary N) is 1. The van der Waals surface area contributed by atoms with Crippen LogP contribution in [-0.4, -0.2) is 33.1 Å². The van der Waals surface area contributed by atoms with Crippen molar-refractivity contribution < 1.29 is 18.0 Å². The largest absolute Gasteiger partial charge is 0.391 e. The number of hydrogen-bond acceptors (Lipinski definition) is 4. The van der Waals surface area contributed by atoms with Crippen molar-refractivity contribution >= 4 is 5.91 Å². The molecular weight excluding hydrogens is 287 g/mol. The van der Waals surface area contributed by atoms with Gasteiger partial charge < -0.3 is 11.1 Å². The topological polar surface area (TPSA) is 85.8 Å². The molecule has 1 aliphatic rings. The number of aromatic nitrogens is 3. The van der Waals surface area contributed by atoms with Crippen LogP contribution in [0.4, 0.5) is 13.2 Å². The molecule has 0 spiro atoms. The molecule has 1 fully saturated rings. The number of amides is 1. The fourth-order valence-corrected chi connectivity index (χ4v) is 2.55. The zero-order chi connectivity index (χ0) is 15.5. The predicted molar refractivity (Wildman–Crippen MR) is 67.9 cm³/mol. The number of carbonyl (C=O) groups is 1. The van der Waals surface area contributed by atoms with Crippen LogP contribution >= 0.6 is 0 Å². The van der Waals surface area contributed by atoms with Crippen LogP contribution in [0, 0.1) is 5.92 Å². The van der Waals surface area contributed by atoms with Crippen LogP contribution in [0.3, 0.4) is 0 Å². The van der Waals surface area contributed by atoms with E-state index in [1.165, 1.54) is 4.68 Å². The number of halogens is 3. The van der Waals surface area contributed by atoms with Gasteiger partial charge in [0.2, 0.25) is 5.91 Å². The Labute approximate surface area is 119 Å². The van der Waals surface area contributed by atoms with E-state index in [1.54, 1.807) is 6.20 Å². The smallest absolute Gasteiger partial charge is 0.352 e. The lowest BCUT2D eigenvalue weighted by atomic mass is 9.85. The molecular formula is C12H18F3N5O. The van der Waals surface area contributed by atoms with E-state index in [4.69, 9.17) is 5.73 Å². The number of nitrogens with zero attached hydrogens (tertiary/aromatic N) is 3. The summed E-state index contributed by atoms with van der Waals surface area (Å²) in [5.74, 6) is -1.69. The van der Waals surface area contributed by atoms with Gasteiger partial charge in [0, 0.05) is 12.6 Å². The Morgan fingerprint density at radius 2 is 2.24 bits per heavy atom. The molecule has 9 heteroatoms. The van der Waals surface area contributed by atoms with Crippen molar-refractivity contribution in [1.82, 2.24) is 20.3 Å². The second-order valence-corrected chi connectivity index (χ2v) is 5.28. The minimum atomic E-state index is -4.19. The third kappa shape index (κ3) is 4.42. The number of carbonyl (C=O) groups excluding carboxylic acids is 1. The van der Waals surface area contributed by atoms with Gasteiger partial charge in [-0.05, 0) is 19.3 Å². The molecule has 3 N–H and O–H groups in total. The molecule has 118 valence electrons. The van der Waals surface area contributed by atoms with Gasteiger partial charge in [0.25, 0.3) is 0 Å². The molecule has 0 bridgehead atoms. The standard InChI is InChI=1S/C12H18F3N5O/c13-12(14,15)8-2-1-3-9(4-8)17-11(21)7-20-6-10(5-16)18-19-20/h6,8-9H,1-5,7,16H2,(H,17,21). The summed E-state index contributed by atoms with van der Waals surface area (Å²) in [6, 6.07) is -0.435. The van der Waals surface area contributed by atoms with Crippen molar-refractivity contribution in [2.24, 2.45) is 11.7 Å². The molecule has 2 unspecified atom stereocenters. The second kappa shape index (κ2) is 6.42. The molecule has 0 aliphatic heterocycles. The molecule has 6 nitrogen and oxygen atoms in total. The Morgan fingerprint density at radius 3 is 2.86 bits per heavy atom. The lowest BCUT2D eigenvalue weighted by Gasteiger charge is -2.31. The van der Waals surface area contributed by atoms with Crippen molar-refractivity contribution in [1.29, 1.82) is 0 Å². The number of rotatable bonds is 4. The van der Waals surface area contributed by atoms with Gasteiger partial charge in [-0.3, -0.25) is 4.79 Å². The van der Waals surface area contributed by atoms with E-state index in [0.29, 0.717) is 18.5 Å². The van der Waals surface area contributed by atoms with Crippen molar-refractivity contribution in [3.05, 3.63) is 11.9 Å². The van der Waals surface area contributed by atoms with Crippen molar-refractivity contribution in [3.8, 4) is 0 Å². The highest BCUT2D eigenvalue weighted by atomic mass is 19.4. The zero-order valence-electron chi connectivity index (χ0n) is 11.4. The van der Waals surface area contributed by atoms with Crippen LogP contribution in [0.1, 0.15) is 31.4 Å². The van der Waals surface area contributed by atoms with Gasteiger partial charge in [0.15, 0.2) is 0 Å². The normalized spacial score (nSPS) is 23.0. The highest BCUT2D eigenvalue weighted by molar-refractivity contribution is 5.75. The maximum Gasteiger partial charge on any atom is 0.391 e. The van der Waals surface area contributed by atoms with E-state index in [2.05, 4.69) is 15.6 Å². The fourth-order valence-electron chi connectivity index (χ4n) is 2.55. The van der Waals surface area contributed by atoms with E-state index in [9.17, 15) is 18.0 Å². The molecule has 0 radical (unpaired) electrons. The van der Waals surface area contributed by atoms with Gasteiger partial charge in [0.1, 0.15) is 6.54 Å². The first-order valence-electron chi connectivity index (χ1n) is 6.83.